The first-order valence-corrected chi connectivity index (χ1v) is 7.16. The van der Waals surface area contributed by atoms with Gasteiger partial charge in [0.1, 0.15) is 0 Å². The first kappa shape index (κ1) is 13.6. The molecule has 3 N–H and O–H groups in total. The van der Waals surface area contributed by atoms with Gasteiger partial charge in [-0.1, -0.05) is 28.1 Å². The van der Waals surface area contributed by atoms with Gasteiger partial charge >= 0.3 is 6.03 Å². The lowest BCUT2D eigenvalue weighted by Gasteiger charge is -2.09. The van der Waals surface area contributed by atoms with Gasteiger partial charge in [-0.25, -0.2) is 4.79 Å². The highest BCUT2D eigenvalue weighted by Gasteiger charge is 2.17. The molecule has 1 heterocycles. The van der Waals surface area contributed by atoms with E-state index in [2.05, 4.69) is 31.9 Å². The Balaban J connectivity index is 1.68. The highest BCUT2D eigenvalue weighted by Crippen LogP contribution is 2.26. The summed E-state index contributed by atoms with van der Waals surface area (Å²) in [5, 5.41) is 8.23. The fourth-order valence-corrected chi connectivity index (χ4v) is 2.55. The lowest BCUT2D eigenvalue weighted by atomic mass is 10.1. The Hall–Kier alpha value is -2.34. The summed E-state index contributed by atoms with van der Waals surface area (Å²) < 4.78 is 0.889. The second-order valence-corrected chi connectivity index (χ2v) is 5.60. The minimum atomic E-state index is -0.336. The number of hydrogen-bond donors (Lipinski definition) is 3. The molecule has 0 spiro atoms. The highest BCUT2D eigenvalue weighted by atomic mass is 79.9. The van der Waals surface area contributed by atoms with Crippen molar-refractivity contribution in [1.82, 2.24) is 0 Å². The van der Waals surface area contributed by atoms with Crippen LogP contribution in [0.5, 0.6) is 0 Å². The number of halogens is 1. The maximum Gasteiger partial charge on any atom is 0.323 e. The molecule has 3 rings (SSSR count). The van der Waals surface area contributed by atoms with Crippen LogP contribution in [0.3, 0.4) is 0 Å². The Morgan fingerprint density at radius 2 is 1.86 bits per heavy atom. The quantitative estimate of drug-likeness (QED) is 0.778. The van der Waals surface area contributed by atoms with E-state index in [0.29, 0.717) is 17.8 Å². The summed E-state index contributed by atoms with van der Waals surface area (Å²) in [6, 6.07) is 12.4. The van der Waals surface area contributed by atoms with Crippen molar-refractivity contribution < 1.29 is 9.59 Å². The van der Waals surface area contributed by atoms with Crippen LogP contribution >= 0.6 is 15.9 Å². The normalized spacial score (nSPS) is 12.5. The van der Waals surface area contributed by atoms with Crippen molar-refractivity contribution in [1.29, 1.82) is 0 Å². The van der Waals surface area contributed by atoms with Gasteiger partial charge in [-0.05, 0) is 35.9 Å². The summed E-state index contributed by atoms with van der Waals surface area (Å²) in [7, 11) is 0. The monoisotopic (exact) mass is 345 g/mol. The molecule has 0 saturated heterocycles. The third-order valence-corrected chi connectivity index (χ3v) is 3.57. The summed E-state index contributed by atoms with van der Waals surface area (Å²) in [5.74, 6) is -0.0271. The summed E-state index contributed by atoms with van der Waals surface area (Å²) >= 11 is 3.35. The molecule has 0 saturated carbocycles. The fraction of sp³-hybridized carbons (Fsp3) is 0.0667. The second kappa shape index (κ2) is 5.57. The minimum Gasteiger partial charge on any atom is -0.325 e. The molecular formula is C15H12BrN3O2. The van der Waals surface area contributed by atoms with Crippen LogP contribution in [-0.4, -0.2) is 11.9 Å². The molecule has 1 aliphatic rings. The fourth-order valence-electron chi connectivity index (χ4n) is 2.15. The summed E-state index contributed by atoms with van der Waals surface area (Å²) in [6.07, 6.45) is 0.389. The molecule has 1 aliphatic heterocycles. The van der Waals surface area contributed by atoms with E-state index >= 15 is 0 Å². The van der Waals surface area contributed by atoms with Crippen LogP contribution in [0.4, 0.5) is 21.9 Å². The van der Waals surface area contributed by atoms with E-state index in [1.807, 2.05) is 24.3 Å². The van der Waals surface area contributed by atoms with Gasteiger partial charge in [0, 0.05) is 21.5 Å². The number of benzene rings is 2. The summed E-state index contributed by atoms with van der Waals surface area (Å²) in [4.78, 5) is 23.2. The van der Waals surface area contributed by atoms with E-state index in [4.69, 9.17) is 0 Å². The van der Waals surface area contributed by atoms with Crippen LogP contribution < -0.4 is 16.0 Å². The van der Waals surface area contributed by atoms with E-state index < -0.39 is 0 Å². The summed E-state index contributed by atoms with van der Waals surface area (Å²) in [6.45, 7) is 0. The van der Waals surface area contributed by atoms with Crippen LogP contribution in [0.25, 0.3) is 0 Å². The standard InChI is InChI=1S/C15H12BrN3O2/c16-10-2-1-3-11(7-10)17-15(21)18-12-5-4-9-6-14(20)19-13(9)8-12/h1-5,7-8H,6H2,(H,19,20)(H2,17,18,21). The van der Waals surface area contributed by atoms with Crippen LogP contribution in [-0.2, 0) is 11.2 Å². The number of carbonyl (C=O) groups is 2. The van der Waals surface area contributed by atoms with Crippen molar-refractivity contribution in [2.45, 2.75) is 6.42 Å². The molecule has 5 nitrogen and oxygen atoms in total. The van der Waals surface area contributed by atoms with Gasteiger partial charge in [0.25, 0.3) is 0 Å². The average molecular weight is 346 g/mol. The largest absolute Gasteiger partial charge is 0.325 e. The first-order valence-electron chi connectivity index (χ1n) is 6.36. The number of fused-ring (bicyclic) bond motifs is 1. The van der Waals surface area contributed by atoms with Gasteiger partial charge in [0.05, 0.1) is 6.42 Å². The van der Waals surface area contributed by atoms with Gasteiger partial charge in [0.15, 0.2) is 0 Å². The van der Waals surface area contributed by atoms with E-state index in [0.717, 1.165) is 15.7 Å². The van der Waals surface area contributed by atoms with Gasteiger partial charge in [0.2, 0.25) is 5.91 Å². The molecule has 0 fully saturated rings. The van der Waals surface area contributed by atoms with Crippen molar-refractivity contribution in [3.63, 3.8) is 0 Å². The van der Waals surface area contributed by atoms with E-state index in [9.17, 15) is 9.59 Å². The third-order valence-electron chi connectivity index (χ3n) is 3.08. The SMILES string of the molecule is O=C1Cc2ccc(NC(=O)Nc3cccc(Br)c3)cc2N1. The highest BCUT2D eigenvalue weighted by molar-refractivity contribution is 9.10. The lowest BCUT2D eigenvalue weighted by molar-refractivity contribution is -0.115. The maximum absolute atomic E-state index is 11.9. The van der Waals surface area contributed by atoms with Crippen molar-refractivity contribution in [2.75, 3.05) is 16.0 Å². The van der Waals surface area contributed by atoms with Crippen LogP contribution in [0.2, 0.25) is 0 Å². The average Bonchev–Trinajstić information content (AvgIpc) is 2.78. The van der Waals surface area contributed by atoms with Gasteiger partial charge in [-0.2, -0.15) is 0 Å². The molecule has 0 aromatic heterocycles. The topological polar surface area (TPSA) is 70.2 Å². The van der Waals surface area contributed by atoms with E-state index in [-0.39, 0.29) is 11.9 Å². The zero-order valence-corrected chi connectivity index (χ0v) is 12.5. The number of amides is 3. The molecule has 2 aromatic rings. The molecule has 21 heavy (non-hydrogen) atoms. The number of hydrogen-bond acceptors (Lipinski definition) is 2. The maximum atomic E-state index is 11.9. The Kier molecular flexibility index (Phi) is 3.62. The molecule has 0 unspecified atom stereocenters. The van der Waals surface area contributed by atoms with Crippen LogP contribution in [0.15, 0.2) is 46.9 Å². The molecule has 3 amide bonds. The number of rotatable bonds is 2. The van der Waals surface area contributed by atoms with E-state index in [1.54, 1.807) is 18.2 Å². The molecule has 106 valence electrons. The van der Waals surface area contributed by atoms with E-state index in [1.165, 1.54) is 0 Å². The number of anilines is 3. The Morgan fingerprint density at radius 1 is 1.10 bits per heavy atom. The molecule has 2 aromatic carbocycles. The Labute approximate surface area is 129 Å². The molecule has 0 bridgehead atoms. The van der Waals surface area contributed by atoms with Crippen molar-refractivity contribution in [2.24, 2.45) is 0 Å². The lowest BCUT2D eigenvalue weighted by Crippen LogP contribution is -2.19. The minimum absolute atomic E-state index is 0.0271. The predicted molar refractivity (Wildman–Crippen MR) is 85.6 cm³/mol. The zero-order chi connectivity index (χ0) is 14.8. The number of nitrogens with one attached hydrogen (secondary N) is 3. The second-order valence-electron chi connectivity index (χ2n) is 4.69. The molecule has 0 aliphatic carbocycles. The van der Waals surface area contributed by atoms with Crippen molar-refractivity contribution in [3.8, 4) is 0 Å². The van der Waals surface area contributed by atoms with Crippen molar-refractivity contribution >= 4 is 44.9 Å². The predicted octanol–water partition coefficient (Wildman–Crippen LogP) is 3.59. The van der Waals surface area contributed by atoms with Crippen molar-refractivity contribution in [3.05, 3.63) is 52.5 Å². The third kappa shape index (κ3) is 3.22. The zero-order valence-electron chi connectivity index (χ0n) is 10.9. The molecular weight excluding hydrogens is 334 g/mol. The molecule has 0 atom stereocenters. The Bertz CT molecular complexity index is 731. The number of urea groups is 1. The number of carbonyl (C=O) groups excluding carboxylic acids is 2. The van der Waals surface area contributed by atoms with Crippen LogP contribution in [0, 0.1) is 0 Å². The molecule has 0 radical (unpaired) electrons. The van der Waals surface area contributed by atoms with Gasteiger partial charge < -0.3 is 16.0 Å². The van der Waals surface area contributed by atoms with Gasteiger partial charge in [-0.15, -0.1) is 0 Å². The molecule has 6 heteroatoms. The van der Waals surface area contributed by atoms with Gasteiger partial charge in [-0.3, -0.25) is 4.79 Å². The Morgan fingerprint density at radius 3 is 2.62 bits per heavy atom. The summed E-state index contributed by atoms with van der Waals surface area (Å²) in [5.41, 5.74) is 3.01. The van der Waals surface area contributed by atoms with Crippen LogP contribution in [0.1, 0.15) is 5.56 Å². The smallest absolute Gasteiger partial charge is 0.323 e. The first-order chi connectivity index (χ1) is 10.1.